The van der Waals surface area contributed by atoms with Crippen LogP contribution in [0.1, 0.15) is 11.1 Å². The Kier molecular flexibility index (Phi) is 5.54. The molecule has 0 unspecified atom stereocenters. The predicted molar refractivity (Wildman–Crippen MR) is 106 cm³/mol. The number of aliphatic hydroxyl groups is 1. The minimum absolute atomic E-state index is 0.0161. The number of ether oxygens (including phenoxy) is 1. The number of aryl methyl sites for hydroxylation is 1. The smallest absolute Gasteiger partial charge is 0.417 e. The van der Waals surface area contributed by atoms with Gasteiger partial charge in [0.1, 0.15) is 18.1 Å². The zero-order valence-corrected chi connectivity index (χ0v) is 17.3. The van der Waals surface area contributed by atoms with Crippen molar-refractivity contribution < 1.29 is 27.5 Å². The quantitative estimate of drug-likeness (QED) is 0.437. The summed E-state index contributed by atoms with van der Waals surface area (Å²) >= 11 is 12.3. The summed E-state index contributed by atoms with van der Waals surface area (Å²) in [5.41, 5.74) is 0.551. The van der Waals surface area contributed by atoms with Crippen LogP contribution in [0.4, 0.5) is 13.2 Å². The van der Waals surface area contributed by atoms with Crippen molar-refractivity contribution in [1.82, 2.24) is 19.5 Å². The highest BCUT2D eigenvalue weighted by Gasteiger charge is 2.32. The van der Waals surface area contributed by atoms with Crippen LogP contribution in [0.3, 0.4) is 0 Å². The Morgan fingerprint density at radius 1 is 1.13 bits per heavy atom. The molecule has 1 N–H and O–H groups in total. The number of aromatic nitrogens is 4. The maximum atomic E-state index is 13.0. The molecule has 12 heteroatoms. The van der Waals surface area contributed by atoms with Crippen LogP contribution in [0.5, 0.6) is 5.75 Å². The first-order valence-corrected chi connectivity index (χ1v) is 9.56. The number of aliphatic hydroxyl groups excluding tert-OH is 1. The number of rotatable bonds is 5. The standard InChI is InChI=1S/C19H13Cl2F3N4O3/c1-9-4-11(12(20)6-15(9)30-3-2-29)16-26-18(31-27-16)14-8-28-7-10(19(22,23)24)5-13(21)17(28)25-14/h4-8,29H,2-3H2,1H3. The van der Waals surface area contributed by atoms with E-state index in [1.807, 2.05) is 0 Å². The summed E-state index contributed by atoms with van der Waals surface area (Å²) in [5.74, 6) is 0.649. The summed E-state index contributed by atoms with van der Waals surface area (Å²) in [6.45, 7) is 1.77. The molecule has 1 aromatic carbocycles. The Morgan fingerprint density at radius 2 is 1.90 bits per heavy atom. The summed E-state index contributed by atoms with van der Waals surface area (Å²) in [7, 11) is 0. The average molecular weight is 473 g/mol. The van der Waals surface area contributed by atoms with E-state index < -0.39 is 11.7 Å². The summed E-state index contributed by atoms with van der Waals surface area (Å²) in [6, 6.07) is 4.07. The van der Waals surface area contributed by atoms with Gasteiger partial charge in [0, 0.05) is 18.0 Å². The molecule has 0 aliphatic carbocycles. The van der Waals surface area contributed by atoms with Crippen LogP contribution in [0.25, 0.3) is 28.6 Å². The molecule has 0 atom stereocenters. The number of fused-ring (bicyclic) bond motifs is 1. The fourth-order valence-corrected chi connectivity index (χ4v) is 3.39. The van der Waals surface area contributed by atoms with Gasteiger partial charge in [-0.3, -0.25) is 0 Å². The number of benzene rings is 1. The first-order valence-electron chi connectivity index (χ1n) is 8.81. The summed E-state index contributed by atoms with van der Waals surface area (Å²) < 4.78 is 50.8. The molecule has 0 aliphatic heterocycles. The molecular formula is C19H13Cl2F3N4O3. The number of halogens is 5. The second-order valence-corrected chi connectivity index (χ2v) is 7.34. The van der Waals surface area contributed by atoms with Gasteiger partial charge in [0.2, 0.25) is 5.82 Å². The minimum atomic E-state index is -4.55. The third-order valence-electron chi connectivity index (χ3n) is 4.33. The van der Waals surface area contributed by atoms with Gasteiger partial charge >= 0.3 is 6.18 Å². The van der Waals surface area contributed by atoms with Crippen LogP contribution in [0.2, 0.25) is 10.0 Å². The van der Waals surface area contributed by atoms with Crippen LogP contribution in [0.15, 0.2) is 35.1 Å². The maximum absolute atomic E-state index is 13.0. The summed E-state index contributed by atoms with van der Waals surface area (Å²) in [4.78, 5) is 8.45. The second kappa shape index (κ2) is 8.03. The number of nitrogens with zero attached hydrogens (tertiary/aromatic N) is 4. The molecule has 0 spiro atoms. The topological polar surface area (TPSA) is 85.7 Å². The van der Waals surface area contributed by atoms with Crippen LogP contribution < -0.4 is 4.74 Å². The van der Waals surface area contributed by atoms with Gasteiger partial charge in [-0.25, -0.2) is 4.98 Å². The van der Waals surface area contributed by atoms with Crippen molar-refractivity contribution in [2.45, 2.75) is 13.1 Å². The van der Waals surface area contributed by atoms with Crippen molar-refractivity contribution in [2.24, 2.45) is 0 Å². The van der Waals surface area contributed by atoms with Gasteiger partial charge in [0.25, 0.3) is 5.89 Å². The van der Waals surface area contributed by atoms with Gasteiger partial charge < -0.3 is 18.8 Å². The van der Waals surface area contributed by atoms with Gasteiger partial charge in [-0.1, -0.05) is 28.4 Å². The summed E-state index contributed by atoms with van der Waals surface area (Å²) in [6.07, 6.45) is -2.37. The molecule has 3 heterocycles. The van der Waals surface area contributed by atoms with E-state index in [4.69, 9.17) is 37.6 Å². The Labute approximate surface area is 183 Å². The monoisotopic (exact) mass is 472 g/mol. The van der Waals surface area contributed by atoms with E-state index in [1.165, 1.54) is 6.20 Å². The molecule has 0 fully saturated rings. The molecule has 4 rings (SSSR count). The Hall–Kier alpha value is -2.82. The lowest BCUT2D eigenvalue weighted by atomic mass is 10.1. The highest BCUT2D eigenvalue weighted by molar-refractivity contribution is 6.33. The largest absolute Gasteiger partial charge is 0.491 e. The van der Waals surface area contributed by atoms with E-state index in [-0.39, 0.29) is 41.3 Å². The first-order chi connectivity index (χ1) is 14.7. The molecular weight excluding hydrogens is 460 g/mol. The zero-order chi connectivity index (χ0) is 22.3. The van der Waals surface area contributed by atoms with Crippen molar-refractivity contribution in [3.8, 4) is 28.7 Å². The third-order valence-corrected chi connectivity index (χ3v) is 4.92. The molecule has 7 nitrogen and oxygen atoms in total. The lowest BCUT2D eigenvalue weighted by molar-refractivity contribution is -0.137. The van der Waals surface area contributed by atoms with Crippen molar-refractivity contribution in [1.29, 1.82) is 0 Å². The number of pyridine rings is 1. The van der Waals surface area contributed by atoms with Crippen LogP contribution in [-0.4, -0.2) is 37.8 Å². The van der Waals surface area contributed by atoms with Crippen molar-refractivity contribution in [3.63, 3.8) is 0 Å². The lowest BCUT2D eigenvalue weighted by Crippen LogP contribution is -2.06. The highest BCUT2D eigenvalue weighted by Crippen LogP contribution is 2.35. The van der Waals surface area contributed by atoms with Crippen LogP contribution in [-0.2, 0) is 6.18 Å². The molecule has 0 amide bonds. The number of imidazole rings is 1. The minimum Gasteiger partial charge on any atom is -0.491 e. The average Bonchev–Trinajstić information content (AvgIpc) is 3.34. The number of hydrogen-bond donors (Lipinski definition) is 1. The molecule has 0 aliphatic rings. The van der Waals surface area contributed by atoms with E-state index in [0.29, 0.717) is 16.3 Å². The highest BCUT2D eigenvalue weighted by atomic mass is 35.5. The van der Waals surface area contributed by atoms with Crippen LogP contribution >= 0.6 is 23.2 Å². The van der Waals surface area contributed by atoms with Gasteiger partial charge in [-0.15, -0.1) is 0 Å². The number of alkyl halides is 3. The SMILES string of the molecule is Cc1cc(-c2noc(-c3cn4cc(C(F)(F)F)cc(Cl)c4n3)n2)c(Cl)cc1OCCO. The summed E-state index contributed by atoms with van der Waals surface area (Å²) in [5, 5.41) is 12.9. The van der Waals surface area contributed by atoms with E-state index in [0.717, 1.165) is 22.2 Å². The number of hydrogen-bond acceptors (Lipinski definition) is 6. The fourth-order valence-electron chi connectivity index (χ4n) is 2.90. The van der Waals surface area contributed by atoms with Crippen LogP contribution in [0, 0.1) is 6.92 Å². The van der Waals surface area contributed by atoms with Crippen molar-refractivity contribution >= 4 is 28.8 Å². The lowest BCUT2D eigenvalue weighted by Gasteiger charge is -2.10. The van der Waals surface area contributed by atoms with Gasteiger partial charge in [-0.2, -0.15) is 18.2 Å². The molecule has 0 saturated heterocycles. The Morgan fingerprint density at radius 3 is 2.61 bits per heavy atom. The molecule has 0 bridgehead atoms. The molecule has 0 saturated carbocycles. The second-order valence-electron chi connectivity index (χ2n) is 6.52. The Bertz CT molecular complexity index is 1270. The molecule has 162 valence electrons. The van der Waals surface area contributed by atoms with E-state index in [9.17, 15) is 13.2 Å². The third kappa shape index (κ3) is 4.18. The zero-order valence-electron chi connectivity index (χ0n) is 15.7. The van der Waals surface area contributed by atoms with Gasteiger partial charge in [0.05, 0.1) is 22.2 Å². The van der Waals surface area contributed by atoms with Gasteiger partial charge in [0.15, 0.2) is 5.65 Å². The molecule has 3 aromatic heterocycles. The maximum Gasteiger partial charge on any atom is 0.417 e. The predicted octanol–water partition coefficient (Wildman–Crippen LogP) is 5.06. The van der Waals surface area contributed by atoms with Crippen molar-refractivity contribution in [3.05, 3.63) is 51.8 Å². The van der Waals surface area contributed by atoms with E-state index in [1.54, 1.807) is 19.1 Å². The molecule has 31 heavy (non-hydrogen) atoms. The van der Waals surface area contributed by atoms with E-state index >= 15 is 0 Å². The fraction of sp³-hybridized carbons (Fsp3) is 0.211. The Balaban J connectivity index is 1.70. The van der Waals surface area contributed by atoms with E-state index in [2.05, 4.69) is 15.1 Å². The molecule has 4 aromatic rings. The first kappa shape index (κ1) is 21.4. The van der Waals surface area contributed by atoms with Gasteiger partial charge in [-0.05, 0) is 30.7 Å². The molecule has 0 radical (unpaired) electrons. The normalized spacial score (nSPS) is 12.0. The van der Waals surface area contributed by atoms with Crippen molar-refractivity contribution in [2.75, 3.05) is 13.2 Å².